The zero-order valence-corrected chi connectivity index (χ0v) is 11.3. The minimum absolute atomic E-state index is 0.249. The van der Waals surface area contributed by atoms with Crippen LogP contribution in [0.1, 0.15) is 32.6 Å². The number of rotatable bonds is 6. The highest BCUT2D eigenvalue weighted by atomic mass is 19.1. The average Bonchev–Trinajstić information content (AvgIpc) is 2.88. The van der Waals surface area contributed by atoms with E-state index in [1.54, 1.807) is 6.07 Å². The molecule has 0 aromatic heterocycles. The maximum atomic E-state index is 13.5. The molecule has 1 aromatic carbocycles. The number of benzene rings is 1. The van der Waals surface area contributed by atoms with Gasteiger partial charge in [-0.3, -0.25) is 0 Å². The number of hydrogen-bond donors (Lipinski definition) is 2. The zero-order valence-electron chi connectivity index (χ0n) is 11.3. The standard InChI is InChI=1S/C15H21FN2O/c1-2-19-15-10-14(13(17)9-12(15)16)18-8-7-11-5-3-4-6-11/h5,9-10,18H,2-4,6-8,17H2,1H3. The lowest BCUT2D eigenvalue weighted by atomic mass is 10.1. The van der Waals surface area contributed by atoms with E-state index < -0.39 is 5.82 Å². The van der Waals surface area contributed by atoms with Gasteiger partial charge in [-0.25, -0.2) is 4.39 Å². The summed E-state index contributed by atoms with van der Waals surface area (Å²) < 4.78 is 18.8. The van der Waals surface area contributed by atoms with E-state index in [2.05, 4.69) is 11.4 Å². The van der Waals surface area contributed by atoms with Crippen molar-refractivity contribution in [3.8, 4) is 5.75 Å². The molecule has 4 heteroatoms. The molecule has 0 aliphatic heterocycles. The summed E-state index contributed by atoms with van der Waals surface area (Å²) in [7, 11) is 0. The molecule has 0 unspecified atom stereocenters. The molecule has 104 valence electrons. The van der Waals surface area contributed by atoms with Crippen molar-refractivity contribution in [3.63, 3.8) is 0 Å². The second-order valence-corrected chi connectivity index (χ2v) is 4.73. The smallest absolute Gasteiger partial charge is 0.167 e. The molecule has 0 saturated heterocycles. The van der Waals surface area contributed by atoms with E-state index in [0.717, 1.165) is 18.7 Å². The number of allylic oxidation sites excluding steroid dienone is 1. The lowest BCUT2D eigenvalue weighted by Gasteiger charge is -2.13. The maximum absolute atomic E-state index is 13.5. The van der Waals surface area contributed by atoms with Crippen molar-refractivity contribution >= 4 is 11.4 Å². The highest BCUT2D eigenvalue weighted by molar-refractivity contribution is 5.68. The van der Waals surface area contributed by atoms with Gasteiger partial charge in [0.2, 0.25) is 0 Å². The lowest BCUT2D eigenvalue weighted by Crippen LogP contribution is -2.06. The fourth-order valence-electron chi connectivity index (χ4n) is 2.31. The van der Waals surface area contributed by atoms with Crippen molar-refractivity contribution in [1.29, 1.82) is 0 Å². The van der Waals surface area contributed by atoms with Crippen LogP contribution in [0.15, 0.2) is 23.8 Å². The molecule has 0 heterocycles. The fourth-order valence-corrected chi connectivity index (χ4v) is 2.31. The number of ether oxygens (including phenoxy) is 1. The van der Waals surface area contributed by atoms with Crippen molar-refractivity contribution in [3.05, 3.63) is 29.6 Å². The van der Waals surface area contributed by atoms with E-state index in [4.69, 9.17) is 10.5 Å². The molecule has 2 rings (SSSR count). The van der Waals surface area contributed by atoms with Crippen LogP contribution in [0, 0.1) is 5.82 Å². The third-order valence-electron chi connectivity index (χ3n) is 3.30. The zero-order chi connectivity index (χ0) is 13.7. The first-order valence-electron chi connectivity index (χ1n) is 6.84. The van der Waals surface area contributed by atoms with E-state index in [0.29, 0.717) is 12.3 Å². The maximum Gasteiger partial charge on any atom is 0.167 e. The minimum Gasteiger partial charge on any atom is -0.491 e. The van der Waals surface area contributed by atoms with Gasteiger partial charge in [0.1, 0.15) is 0 Å². The predicted octanol–water partition coefficient (Wildman–Crippen LogP) is 3.72. The Morgan fingerprint density at radius 1 is 1.42 bits per heavy atom. The largest absolute Gasteiger partial charge is 0.491 e. The Morgan fingerprint density at radius 3 is 2.95 bits per heavy atom. The summed E-state index contributed by atoms with van der Waals surface area (Å²) in [5.74, 6) is -0.164. The van der Waals surface area contributed by atoms with Gasteiger partial charge in [0.15, 0.2) is 11.6 Å². The molecule has 0 radical (unpaired) electrons. The highest BCUT2D eigenvalue weighted by Crippen LogP contribution is 2.28. The van der Waals surface area contributed by atoms with E-state index in [1.807, 2.05) is 6.92 Å². The summed E-state index contributed by atoms with van der Waals surface area (Å²) in [6, 6.07) is 2.94. The van der Waals surface area contributed by atoms with Crippen molar-refractivity contribution in [2.45, 2.75) is 32.6 Å². The molecule has 3 N–H and O–H groups in total. The number of nitrogens with two attached hydrogens (primary N) is 1. The van der Waals surface area contributed by atoms with Crippen molar-refractivity contribution in [2.24, 2.45) is 0 Å². The minimum atomic E-state index is -0.414. The molecule has 1 aromatic rings. The van der Waals surface area contributed by atoms with E-state index in [9.17, 15) is 4.39 Å². The second kappa shape index (κ2) is 6.45. The van der Waals surface area contributed by atoms with Crippen molar-refractivity contribution in [1.82, 2.24) is 0 Å². The normalized spacial score (nSPS) is 14.3. The third-order valence-corrected chi connectivity index (χ3v) is 3.30. The quantitative estimate of drug-likeness (QED) is 0.608. The number of hydrogen-bond acceptors (Lipinski definition) is 3. The molecule has 1 aliphatic carbocycles. The molecule has 19 heavy (non-hydrogen) atoms. The summed E-state index contributed by atoms with van der Waals surface area (Å²) in [5.41, 5.74) is 8.46. The first-order chi connectivity index (χ1) is 9.20. The van der Waals surface area contributed by atoms with Crippen LogP contribution in [0.5, 0.6) is 5.75 Å². The van der Waals surface area contributed by atoms with Crippen LogP contribution >= 0.6 is 0 Å². The van der Waals surface area contributed by atoms with Crippen LogP contribution in [0.25, 0.3) is 0 Å². The van der Waals surface area contributed by atoms with Crippen LogP contribution < -0.4 is 15.8 Å². The number of nitrogens with one attached hydrogen (secondary N) is 1. The predicted molar refractivity (Wildman–Crippen MR) is 77.0 cm³/mol. The van der Waals surface area contributed by atoms with Crippen LogP contribution in [-0.2, 0) is 0 Å². The first kappa shape index (κ1) is 13.7. The van der Waals surface area contributed by atoms with Gasteiger partial charge in [0.25, 0.3) is 0 Å². The molecule has 0 fully saturated rings. The van der Waals surface area contributed by atoms with Gasteiger partial charge in [-0.05, 0) is 32.6 Å². The van der Waals surface area contributed by atoms with Crippen LogP contribution in [0.3, 0.4) is 0 Å². The van der Waals surface area contributed by atoms with Crippen LogP contribution in [-0.4, -0.2) is 13.2 Å². The Morgan fingerprint density at radius 2 is 2.26 bits per heavy atom. The first-order valence-corrected chi connectivity index (χ1v) is 6.84. The molecule has 0 spiro atoms. The second-order valence-electron chi connectivity index (χ2n) is 4.73. The van der Waals surface area contributed by atoms with Crippen LogP contribution in [0.2, 0.25) is 0 Å². The van der Waals surface area contributed by atoms with Crippen LogP contribution in [0.4, 0.5) is 15.8 Å². The van der Waals surface area contributed by atoms with Gasteiger partial charge in [-0.15, -0.1) is 0 Å². The van der Waals surface area contributed by atoms with Gasteiger partial charge in [-0.1, -0.05) is 11.6 Å². The Balaban J connectivity index is 1.96. The number of nitrogen functional groups attached to an aromatic ring is 1. The summed E-state index contributed by atoms with van der Waals surface area (Å²) in [6.45, 7) is 3.08. The van der Waals surface area contributed by atoms with Crippen molar-refractivity contribution < 1.29 is 9.13 Å². The SMILES string of the molecule is CCOc1cc(NCCC2=CCCC2)c(N)cc1F. The Hall–Kier alpha value is -1.71. The molecule has 1 aliphatic rings. The van der Waals surface area contributed by atoms with E-state index in [1.165, 1.54) is 30.9 Å². The van der Waals surface area contributed by atoms with Gasteiger partial charge in [0.05, 0.1) is 18.0 Å². The molecule has 3 nitrogen and oxygen atoms in total. The molecule has 0 bridgehead atoms. The fraction of sp³-hybridized carbons (Fsp3) is 0.467. The number of halogens is 1. The molecular formula is C15H21FN2O. The Bertz CT molecular complexity index is 471. The molecule has 0 atom stereocenters. The summed E-state index contributed by atoms with van der Waals surface area (Å²) in [5, 5.41) is 3.25. The molecule has 0 saturated carbocycles. The average molecular weight is 264 g/mol. The highest BCUT2D eigenvalue weighted by Gasteiger charge is 2.09. The van der Waals surface area contributed by atoms with Gasteiger partial charge in [-0.2, -0.15) is 0 Å². The van der Waals surface area contributed by atoms with Gasteiger partial charge < -0.3 is 15.8 Å². The van der Waals surface area contributed by atoms with E-state index >= 15 is 0 Å². The third kappa shape index (κ3) is 3.63. The van der Waals surface area contributed by atoms with Gasteiger partial charge >= 0.3 is 0 Å². The molecule has 0 amide bonds. The summed E-state index contributed by atoms with van der Waals surface area (Å²) in [6.07, 6.45) is 6.98. The number of anilines is 2. The van der Waals surface area contributed by atoms with Gasteiger partial charge in [0, 0.05) is 18.7 Å². The van der Waals surface area contributed by atoms with E-state index in [-0.39, 0.29) is 5.75 Å². The Kier molecular flexibility index (Phi) is 4.66. The Labute approximate surface area is 113 Å². The summed E-state index contributed by atoms with van der Waals surface area (Å²) >= 11 is 0. The molecular weight excluding hydrogens is 243 g/mol. The topological polar surface area (TPSA) is 47.3 Å². The van der Waals surface area contributed by atoms with Crippen molar-refractivity contribution in [2.75, 3.05) is 24.2 Å². The summed E-state index contributed by atoms with van der Waals surface area (Å²) in [4.78, 5) is 0. The monoisotopic (exact) mass is 264 g/mol. The lowest BCUT2D eigenvalue weighted by molar-refractivity contribution is 0.322.